The van der Waals surface area contributed by atoms with Crippen molar-refractivity contribution in [3.63, 3.8) is 0 Å². The highest BCUT2D eigenvalue weighted by Gasteiger charge is 2.24. The quantitative estimate of drug-likeness (QED) is 0.916. The van der Waals surface area contributed by atoms with Crippen LogP contribution in [0.5, 0.6) is 0 Å². The minimum absolute atomic E-state index is 0.287. The molecule has 1 aliphatic carbocycles. The van der Waals surface area contributed by atoms with Crippen LogP contribution in [0, 0.1) is 5.92 Å². The number of nitrogens with zero attached hydrogens (tertiary/aromatic N) is 2. The first-order valence-corrected chi connectivity index (χ1v) is 6.87. The molecule has 1 atom stereocenters. The molecule has 1 fully saturated rings. The van der Waals surface area contributed by atoms with Crippen molar-refractivity contribution in [1.82, 2.24) is 9.55 Å². The Hall–Kier alpha value is -1.84. The molecule has 0 spiro atoms. The number of aromatic nitrogens is 2. The fourth-order valence-electron chi connectivity index (χ4n) is 3.22. The van der Waals surface area contributed by atoms with Crippen molar-refractivity contribution < 1.29 is 9.90 Å². The van der Waals surface area contributed by atoms with Gasteiger partial charge in [0.1, 0.15) is 5.52 Å². The molecule has 1 unspecified atom stereocenters. The number of benzene rings is 1. The largest absolute Gasteiger partial charge is 0.478 e. The summed E-state index contributed by atoms with van der Waals surface area (Å²) in [6, 6.07) is 5.75. The Balaban J connectivity index is 2.05. The first-order chi connectivity index (χ1) is 9.18. The molecule has 2 aromatic rings. The Kier molecular flexibility index (Phi) is 3.01. The zero-order valence-corrected chi connectivity index (χ0v) is 11.0. The highest BCUT2D eigenvalue weighted by Crippen LogP contribution is 2.35. The van der Waals surface area contributed by atoms with Crippen molar-refractivity contribution in [2.75, 3.05) is 0 Å². The highest BCUT2D eigenvalue weighted by molar-refractivity contribution is 6.00. The molecule has 4 nitrogen and oxygen atoms in total. The Bertz CT molecular complexity index is 612. The second kappa shape index (κ2) is 4.68. The molecule has 0 bridgehead atoms. The molecular formula is C15H18N2O2. The second-order valence-corrected chi connectivity index (χ2v) is 5.42. The van der Waals surface area contributed by atoms with E-state index in [1.165, 1.54) is 25.7 Å². The van der Waals surface area contributed by atoms with Gasteiger partial charge in [0.25, 0.3) is 0 Å². The monoisotopic (exact) mass is 258 g/mol. The van der Waals surface area contributed by atoms with Crippen LogP contribution >= 0.6 is 0 Å². The van der Waals surface area contributed by atoms with Gasteiger partial charge < -0.3 is 9.67 Å². The van der Waals surface area contributed by atoms with E-state index in [0.717, 1.165) is 5.52 Å². The summed E-state index contributed by atoms with van der Waals surface area (Å²) < 4.78 is 2.14. The van der Waals surface area contributed by atoms with Crippen LogP contribution in [0.4, 0.5) is 0 Å². The maximum absolute atomic E-state index is 11.2. The molecule has 0 saturated heterocycles. The number of imidazole rings is 1. The third-order valence-electron chi connectivity index (χ3n) is 4.36. The van der Waals surface area contributed by atoms with Crippen molar-refractivity contribution in [3.8, 4) is 0 Å². The first-order valence-electron chi connectivity index (χ1n) is 6.87. The number of carboxylic acid groups (broad SMARTS) is 1. The van der Waals surface area contributed by atoms with Crippen LogP contribution in [0.15, 0.2) is 24.5 Å². The lowest BCUT2D eigenvalue weighted by Gasteiger charge is -2.21. The lowest BCUT2D eigenvalue weighted by molar-refractivity contribution is 0.0699. The number of para-hydroxylation sites is 1. The molecule has 4 heteroatoms. The van der Waals surface area contributed by atoms with Crippen molar-refractivity contribution in [2.45, 2.75) is 38.6 Å². The summed E-state index contributed by atoms with van der Waals surface area (Å²) in [6.45, 7) is 2.21. The van der Waals surface area contributed by atoms with E-state index in [1.54, 1.807) is 18.5 Å². The summed E-state index contributed by atoms with van der Waals surface area (Å²) in [6.07, 6.45) is 6.93. The number of hydrogen-bond donors (Lipinski definition) is 1. The normalized spacial score (nSPS) is 17.9. The van der Waals surface area contributed by atoms with Gasteiger partial charge in [-0.15, -0.1) is 0 Å². The van der Waals surface area contributed by atoms with E-state index in [4.69, 9.17) is 0 Å². The number of carbonyl (C=O) groups is 1. The van der Waals surface area contributed by atoms with Crippen molar-refractivity contribution in [2.24, 2.45) is 5.92 Å². The molecule has 1 aromatic carbocycles. The summed E-state index contributed by atoms with van der Waals surface area (Å²) >= 11 is 0. The summed E-state index contributed by atoms with van der Waals surface area (Å²) in [7, 11) is 0. The lowest BCUT2D eigenvalue weighted by Crippen LogP contribution is -2.13. The summed E-state index contributed by atoms with van der Waals surface area (Å²) in [5.74, 6) is -0.227. The SMILES string of the molecule is CC(C1CCCC1)n1cnc2c(C(=O)O)cccc21. The molecular weight excluding hydrogens is 240 g/mol. The third kappa shape index (κ3) is 2.01. The predicted octanol–water partition coefficient (Wildman–Crippen LogP) is 3.49. The molecule has 0 amide bonds. The molecule has 1 saturated carbocycles. The number of fused-ring (bicyclic) bond motifs is 1. The van der Waals surface area contributed by atoms with E-state index in [9.17, 15) is 9.90 Å². The number of aromatic carboxylic acids is 1. The van der Waals surface area contributed by atoms with Gasteiger partial charge in [-0.3, -0.25) is 0 Å². The Morgan fingerprint density at radius 1 is 1.42 bits per heavy atom. The number of hydrogen-bond acceptors (Lipinski definition) is 2. The standard InChI is InChI=1S/C15H18N2O2/c1-10(11-5-2-3-6-11)17-9-16-14-12(15(18)19)7-4-8-13(14)17/h4,7-11H,2-3,5-6H2,1H3,(H,18,19). The fraction of sp³-hybridized carbons (Fsp3) is 0.467. The molecule has 1 heterocycles. The molecule has 1 N–H and O–H groups in total. The van der Waals surface area contributed by atoms with Gasteiger partial charge in [0, 0.05) is 6.04 Å². The molecule has 1 aliphatic rings. The van der Waals surface area contributed by atoms with Gasteiger partial charge in [0.2, 0.25) is 0 Å². The topological polar surface area (TPSA) is 55.1 Å². The summed E-state index contributed by atoms with van der Waals surface area (Å²) in [4.78, 5) is 15.5. The lowest BCUT2D eigenvalue weighted by atomic mass is 9.99. The van der Waals surface area contributed by atoms with E-state index in [1.807, 2.05) is 6.07 Å². The van der Waals surface area contributed by atoms with Gasteiger partial charge in [0.05, 0.1) is 17.4 Å². The summed E-state index contributed by atoms with van der Waals surface area (Å²) in [5, 5.41) is 9.19. The highest BCUT2D eigenvalue weighted by atomic mass is 16.4. The minimum atomic E-state index is -0.913. The predicted molar refractivity (Wildman–Crippen MR) is 73.4 cm³/mol. The van der Waals surface area contributed by atoms with Crippen LogP contribution in [0.1, 0.15) is 49.0 Å². The van der Waals surface area contributed by atoms with Crippen molar-refractivity contribution in [1.29, 1.82) is 0 Å². The van der Waals surface area contributed by atoms with E-state index < -0.39 is 5.97 Å². The van der Waals surface area contributed by atoms with Gasteiger partial charge in [-0.25, -0.2) is 9.78 Å². The number of carboxylic acids is 1. The molecule has 19 heavy (non-hydrogen) atoms. The molecule has 3 rings (SSSR count). The second-order valence-electron chi connectivity index (χ2n) is 5.42. The van der Waals surface area contributed by atoms with Crippen LogP contribution in [0.3, 0.4) is 0 Å². The zero-order chi connectivity index (χ0) is 13.4. The van der Waals surface area contributed by atoms with E-state index in [2.05, 4.69) is 16.5 Å². The molecule has 0 aliphatic heterocycles. The van der Waals surface area contributed by atoms with E-state index in [-0.39, 0.29) is 5.56 Å². The Morgan fingerprint density at radius 3 is 2.84 bits per heavy atom. The molecule has 1 aromatic heterocycles. The molecule has 0 radical (unpaired) electrons. The van der Waals surface area contributed by atoms with Gasteiger partial charge in [-0.2, -0.15) is 0 Å². The van der Waals surface area contributed by atoms with Gasteiger partial charge in [-0.05, 0) is 37.8 Å². The van der Waals surface area contributed by atoms with Crippen LogP contribution in [-0.4, -0.2) is 20.6 Å². The maximum Gasteiger partial charge on any atom is 0.337 e. The molecule has 100 valence electrons. The zero-order valence-electron chi connectivity index (χ0n) is 11.0. The maximum atomic E-state index is 11.2. The van der Waals surface area contributed by atoms with Gasteiger partial charge in [0.15, 0.2) is 0 Å². The smallest absolute Gasteiger partial charge is 0.337 e. The average Bonchev–Trinajstić information content (AvgIpc) is 3.06. The van der Waals surface area contributed by atoms with Crippen molar-refractivity contribution >= 4 is 17.0 Å². The number of rotatable bonds is 3. The van der Waals surface area contributed by atoms with E-state index >= 15 is 0 Å². The Morgan fingerprint density at radius 2 is 2.16 bits per heavy atom. The third-order valence-corrected chi connectivity index (χ3v) is 4.36. The van der Waals surface area contributed by atoms with Crippen LogP contribution in [-0.2, 0) is 0 Å². The van der Waals surface area contributed by atoms with Crippen LogP contribution < -0.4 is 0 Å². The van der Waals surface area contributed by atoms with Gasteiger partial charge in [-0.1, -0.05) is 18.9 Å². The minimum Gasteiger partial charge on any atom is -0.478 e. The first kappa shape index (κ1) is 12.2. The summed E-state index contributed by atoms with van der Waals surface area (Å²) in [5.41, 5.74) is 1.81. The Labute approximate surface area is 112 Å². The van der Waals surface area contributed by atoms with Gasteiger partial charge >= 0.3 is 5.97 Å². The van der Waals surface area contributed by atoms with Crippen molar-refractivity contribution in [3.05, 3.63) is 30.1 Å². The van der Waals surface area contributed by atoms with Crippen LogP contribution in [0.2, 0.25) is 0 Å². The fourth-order valence-corrected chi connectivity index (χ4v) is 3.22. The average molecular weight is 258 g/mol. The van der Waals surface area contributed by atoms with Crippen LogP contribution in [0.25, 0.3) is 11.0 Å². The van der Waals surface area contributed by atoms with E-state index in [0.29, 0.717) is 17.5 Å².